The molecule has 0 N–H and O–H groups in total. The van der Waals surface area contributed by atoms with Crippen LogP contribution in [0.25, 0.3) is 11.4 Å². The number of carbonyl (C=O) groups excluding carboxylic acids is 1. The first-order valence-electron chi connectivity index (χ1n) is 10.7. The number of halogens is 1. The Kier molecular flexibility index (Phi) is 6.07. The Balaban J connectivity index is 1.73. The molecular formula is C27H21ClN2O2S. The SMILES string of the molecule is CCOC(=O)C1=C(c2ccccc2)N=C2SC=C(c3ccc(Cl)cc3)N2[C@H]1c1ccccc1. The summed E-state index contributed by atoms with van der Waals surface area (Å²) in [7, 11) is 0. The fraction of sp³-hybridized carbons (Fsp3) is 0.111. The summed E-state index contributed by atoms with van der Waals surface area (Å²) in [6.45, 7) is 2.11. The molecule has 2 heterocycles. The second-order valence-corrected chi connectivity index (χ2v) is 8.83. The monoisotopic (exact) mass is 472 g/mol. The molecule has 6 heteroatoms. The Hall–Kier alpha value is -3.28. The molecule has 2 aliphatic rings. The molecule has 0 saturated carbocycles. The van der Waals surface area contributed by atoms with Crippen LogP contribution in [0.15, 0.2) is 101 Å². The molecule has 0 radical (unpaired) electrons. The van der Waals surface area contributed by atoms with E-state index in [1.165, 1.54) is 0 Å². The molecule has 4 nitrogen and oxygen atoms in total. The fourth-order valence-electron chi connectivity index (χ4n) is 4.08. The van der Waals surface area contributed by atoms with Gasteiger partial charge in [0, 0.05) is 16.0 Å². The summed E-state index contributed by atoms with van der Waals surface area (Å²) in [5.74, 6) is -0.361. The number of benzene rings is 3. The van der Waals surface area contributed by atoms with Crippen molar-refractivity contribution in [2.75, 3.05) is 6.61 Å². The van der Waals surface area contributed by atoms with Crippen LogP contribution in [0.4, 0.5) is 0 Å². The molecule has 0 aliphatic carbocycles. The van der Waals surface area contributed by atoms with Crippen molar-refractivity contribution in [3.05, 3.63) is 118 Å². The average molecular weight is 473 g/mol. The van der Waals surface area contributed by atoms with Gasteiger partial charge in [0.1, 0.15) is 0 Å². The number of hydrogen-bond donors (Lipinski definition) is 0. The predicted octanol–water partition coefficient (Wildman–Crippen LogP) is 6.77. The second kappa shape index (κ2) is 9.30. The molecule has 0 fully saturated rings. The molecule has 3 aromatic carbocycles. The van der Waals surface area contributed by atoms with E-state index in [0.717, 1.165) is 27.6 Å². The van der Waals surface area contributed by atoms with E-state index in [9.17, 15) is 4.79 Å². The van der Waals surface area contributed by atoms with Gasteiger partial charge in [-0.1, -0.05) is 96.2 Å². The van der Waals surface area contributed by atoms with Gasteiger partial charge in [0.15, 0.2) is 5.17 Å². The third kappa shape index (κ3) is 4.10. The van der Waals surface area contributed by atoms with Crippen LogP contribution in [0.2, 0.25) is 5.02 Å². The van der Waals surface area contributed by atoms with Crippen LogP contribution < -0.4 is 0 Å². The van der Waals surface area contributed by atoms with Crippen molar-refractivity contribution in [2.24, 2.45) is 4.99 Å². The second-order valence-electron chi connectivity index (χ2n) is 7.55. The highest BCUT2D eigenvalue weighted by Gasteiger charge is 2.42. The Labute approximate surface area is 202 Å². The first kappa shape index (κ1) is 21.6. The van der Waals surface area contributed by atoms with Crippen LogP contribution in [-0.4, -0.2) is 22.6 Å². The van der Waals surface area contributed by atoms with E-state index >= 15 is 0 Å². The Morgan fingerprint density at radius 3 is 2.30 bits per heavy atom. The summed E-state index contributed by atoms with van der Waals surface area (Å²) < 4.78 is 5.55. The molecule has 0 bridgehead atoms. The maximum absolute atomic E-state index is 13.4. The molecular weight excluding hydrogens is 452 g/mol. The maximum atomic E-state index is 13.4. The molecule has 0 unspecified atom stereocenters. The van der Waals surface area contributed by atoms with E-state index in [2.05, 4.69) is 10.3 Å². The van der Waals surface area contributed by atoms with E-state index in [1.807, 2.05) is 91.9 Å². The average Bonchev–Trinajstić information content (AvgIpc) is 3.28. The highest BCUT2D eigenvalue weighted by Crippen LogP contribution is 2.48. The fourth-order valence-corrected chi connectivity index (χ4v) is 5.14. The highest BCUT2D eigenvalue weighted by molar-refractivity contribution is 8.16. The normalized spacial score (nSPS) is 17.4. The Bertz CT molecular complexity index is 1270. The maximum Gasteiger partial charge on any atom is 0.338 e. The van der Waals surface area contributed by atoms with E-state index in [0.29, 0.717) is 16.3 Å². The standard InChI is InChI=1S/C27H21ClN2O2S/c1-2-32-26(31)23-24(19-9-5-3-6-10-19)29-27-30(25(23)20-11-7-4-8-12-20)22(17-33-27)18-13-15-21(28)16-14-18/h3-17,25H,2H2,1H3/t25-/m0/s1. The van der Waals surface area contributed by atoms with Gasteiger partial charge in [0.2, 0.25) is 0 Å². The lowest BCUT2D eigenvalue weighted by Crippen LogP contribution is -2.36. The van der Waals surface area contributed by atoms with Crippen LogP contribution in [0.5, 0.6) is 0 Å². The molecule has 0 saturated heterocycles. The van der Waals surface area contributed by atoms with Crippen molar-refractivity contribution in [1.82, 2.24) is 4.90 Å². The minimum atomic E-state index is -0.384. The summed E-state index contributed by atoms with van der Waals surface area (Å²) in [6, 6.07) is 27.2. The van der Waals surface area contributed by atoms with Gasteiger partial charge in [-0.25, -0.2) is 9.79 Å². The number of fused-ring (bicyclic) bond motifs is 1. The molecule has 1 atom stereocenters. The molecule has 2 aliphatic heterocycles. The first-order chi connectivity index (χ1) is 16.2. The quantitative estimate of drug-likeness (QED) is 0.384. The lowest BCUT2D eigenvalue weighted by Gasteiger charge is -2.37. The van der Waals surface area contributed by atoms with Crippen LogP contribution >= 0.6 is 23.4 Å². The van der Waals surface area contributed by atoms with Gasteiger partial charge < -0.3 is 9.64 Å². The summed E-state index contributed by atoms with van der Waals surface area (Å²) in [5, 5.41) is 3.57. The van der Waals surface area contributed by atoms with Crippen LogP contribution in [0.1, 0.15) is 29.7 Å². The molecule has 0 amide bonds. The topological polar surface area (TPSA) is 41.9 Å². The summed E-state index contributed by atoms with van der Waals surface area (Å²) in [6.07, 6.45) is 0. The van der Waals surface area contributed by atoms with Gasteiger partial charge in [0.25, 0.3) is 0 Å². The van der Waals surface area contributed by atoms with Crippen molar-refractivity contribution >= 4 is 45.9 Å². The smallest absolute Gasteiger partial charge is 0.338 e. The van der Waals surface area contributed by atoms with Gasteiger partial charge >= 0.3 is 5.97 Å². The zero-order valence-corrected chi connectivity index (χ0v) is 19.5. The van der Waals surface area contributed by atoms with Crippen LogP contribution in [0, 0.1) is 0 Å². The number of amidine groups is 1. The van der Waals surface area contributed by atoms with Gasteiger partial charge in [-0.05, 0) is 30.2 Å². The van der Waals surface area contributed by atoms with E-state index in [1.54, 1.807) is 11.8 Å². The third-order valence-corrected chi connectivity index (χ3v) is 6.63. The molecule has 0 aromatic heterocycles. The zero-order valence-electron chi connectivity index (χ0n) is 17.9. The predicted molar refractivity (Wildman–Crippen MR) is 135 cm³/mol. The molecule has 3 aromatic rings. The van der Waals surface area contributed by atoms with Crippen LogP contribution in [-0.2, 0) is 9.53 Å². The number of thioether (sulfide) groups is 1. The van der Waals surface area contributed by atoms with Crippen molar-refractivity contribution in [2.45, 2.75) is 13.0 Å². The van der Waals surface area contributed by atoms with Gasteiger partial charge in [0.05, 0.1) is 29.6 Å². The summed E-state index contributed by atoms with van der Waals surface area (Å²) >= 11 is 7.69. The summed E-state index contributed by atoms with van der Waals surface area (Å²) in [4.78, 5) is 20.5. The van der Waals surface area contributed by atoms with E-state index in [-0.39, 0.29) is 18.6 Å². The lowest BCUT2D eigenvalue weighted by atomic mass is 9.91. The number of carbonyl (C=O) groups is 1. The molecule has 5 rings (SSSR count). The van der Waals surface area contributed by atoms with E-state index < -0.39 is 0 Å². The first-order valence-corrected chi connectivity index (χ1v) is 12.0. The van der Waals surface area contributed by atoms with Crippen molar-refractivity contribution < 1.29 is 9.53 Å². The van der Waals surface area contributed by atoms with Gasteiger partial charge in [-0.2, -0.15) is 0 Å². The van der Waals surface area contributed by atoms with Gasteiger partial charge in [-0.15, -0.1) is 0 Å². The number of aliphatic imine (C=N–C) groups is 1. The Morgan fingerprint density at radius 2 is 1.64 bits per heavy atom. The molecule has 0 spiro atoms. The number of rotatable bonds is 5. The van der Waals surface area contributed by atoms with E-state index in [4.69, 9.17) is 21.3 Å². The molecule has 33 heavy (non-hydrogen) atoms. The third-order valence-electron chi connectivity index (χ3n) is 5.53. The zero-order chi connectivity index (χ0) is 22.8. The minimum absolute atomic E-state index is 0.289. The number of ether oxygens (including phenoxy) is 1. The van der Waals surface area contributed by atoms with Crippen LogP contribution in [0.3, 0.4) is 0 Å². The largest absolute Gasteiger partial charge is 0.463 e. The minimum Gasteiger partial charge on any atom is -0.463 e. The van der Waals surface area contributed by atoms with Crippen molar-refractivity contribution in [3.63, 3.8) is 0 Å². The number of nitrogens with zero attached hydrogens (tertiary/aromatic N) is 2. The summed E-state index contributed by atoms with van der Waals surface area (Å²) in [5.41, 5.74) is 5.02. The van der Waals surface area contributed by atoms with Crippen molar-refractivity contribution in [3.8, 4) is 0 Å². The lowest BCUT2D eigenvalue weighted by molar-refractivity contribution is -0.139. The highest BCUT2D eigenvalue weighted by atomic mass is 35.5. The number of esters is 1. The number of hydrogen-bond acceptors (Lipinski definition) is 5. The van der Waals surface area contributed by atoms with Crippen molar-refractivity contribution in [1.29, 1.82) is 0 Å². The van der Waals surface area contributed by atoms with Gasteiger partial charge in [-0.3, -0.25) is 0 Å². The Morgan fingerprint density at radius 1 is 0.970 bits per heavy atom. The molecule has 164 valence electrons.